The van der Waals surface area contributed by atoms with Gasteiger partial charge >= 0.3 is 0 Å². The van der Waals surface area contributed by atoms with Crippen LogP contribution in [-0.2, 0) is 28.9 Å². The summed E-state index contributed by atoms with van der Waals surface area (Å²) in [4.78, 5) is 4.11. The van der Waals surface area contributed by atoms with E-state index in [1.54, 1.807) is 37.4 Å². The second-order valence-corrected chi connectivity index (χ2v) is 7.58. The van der Waals surface area contributed by atoms with Crippen LogP contribution in [0, 0.1) is 5.82 Å². The molecule has 140 valence electrons. The van der Waals surface area contributed by atoms with Crippen molar-refractivity contribution in [3.63, 3.8) is 0 Å². The number of benzene rings is 2. The van der Waals surface area contributed by atoms with Gasteiger partial charge < -0.3 is 10.6 Å². The lowest BCUT2D eigenvalue weighted by Gasteiger charge is -2.12. The van der Waals surface area contributed by atoms with Gasteiger partial charge in [-0.05, 0) is 24.2 Å². The van der Waals surface area contributed by atoms with Gasteiger partial charge in [-0.1, -0.05) is 42.5 Å². The summed E-state index contributed by atoms with van der Waals surface area (Å²) in [6.07, 6.45) is 0. The first-order valence-electron chi connectivity index (χ1n) is 8.10. The highest BCUT2D eigenvalue weighted by Crippen LogP contribution is 2.08. The van der Waals surface area contributed by atoms with E-state index in [1.807, 2.05) is 12.1 Å². The minimum atomic E-state index is -3.28. The fourth-order valence-electron chi connectivity index (χ4n) is 2.27. The molecule has 0 aliphatic heterocycles. The van der Waals surface area contributed by atoms with Gasteiger partial charge in [0.25, 0.3) is 0 Å². The van der Waals surface area contributed by atoms with Gasteiger partial charge in [0.1, 0.15) is 5.82 Å². The van der Waals surface area contributed by atoms with Gasteiger partial charge in [0, 0.05) is 25.7 Å². The van der Waals surface area contributed by atoms with Crippen molar-refractivity contribution in [3.05, 3.63) is 71.0 Å². The normalized spacial score (nSPS) is 12.0. The number of halogens is 1. The van der Waals surface area contributed by atoms with Gasteiger partial charge in [-0.15, -0.1) is 0 Å². The van der Waals surface area contributed by atoms with E-state index in [0.717, 1.165) is 5.56 Å². The second-order valence-electron chi connectivity index (χ2n) is 5.65. The highest BCUT2D eigenvalue weighted by atomic mass is 32.2. The Labute approximate surface area is 153 Å². The zero-order valence-corrected chi connectivity index (χ0v) is 15.6. The van der Waals surface area contributed by atoms with Gasteiger partial charge in [-0.3, -0.25) is 4.99 Å². The molecule has 0 saturated heterocycles. The van der Waals surface area contributed by atoms with E-state index < -0.39 is 10.0 Å². The minimum absolute atomic E-state index is 0.0525. The van der Waals surface area contributed by atoms with Crippen LogP contribution in [0.4, 0.5) is 4.39 Å². The molecule has 0 atom stereocenters. The second kappa shape index (κ2) is 9.30. The first-order valence-corrected chi connectivity index (χ1v) is 9.75. The average Bonchev–Trinajstić information content (AvgIpc) is 2.64. The lowest BCUT2D eigenvalue weighted by atomic mass is 10.1. The van der Waals surface area contributed by atoms with E-state index >= 15 is 0 Å². The summed E-state index contributed by atoms with van der Waals surface area (Å²) in [5.41, 5.74) is 2.25. The number of nitrogens with one attached hydrogen (secondary N) is 3. The summed E-state index contributed by atoms with van der Waals surface area (Å²) in [6.45, 7) is 0.836. The zero-order valence-electron chi connectivity index (χ0n) is 14.8. The summed E-state index contributed by atoms with van der Waals surface area (Å²) >= 11 is 0. The molecule has 26 heavy (non-hydrogen) atoms. The smallest absolute Gasteiger partial charge is 0.215 e. The van der Waals surface area contributed by atoms with Gasteiger partial charge in [0.2, 0.25) is 10.0 Å². The summed E-state index contributed by atoms with van der Waals surface area (Å²) in [6, 6.07) is 13.8. The Morgan fingerprint density at radius 2 is 1.62 bits per heavy atom. The van der Waals surface area contributed by atoms with Crippen molar-refractivity contribution in [1.82, 2.24) is 15.4 Å². The molecule has 0 aromatic heterocycles. The Bertz CT molecular complexity index is 852. The fourth-order valence-corrected chi connectivity index (χ4v) is 3.05. The molecule has 2 aromatic carbocycles. The largest absolute Gasteiger partial charge is 0.352 e. The number of rotatable bonds is 7. The third-order valence-electron chi connectivity index (χ3n) is 3.78. The number of sulfonamides is 1. The topological polar surface area (TPSA) is 82.6 Å². The van der Waals surface area contributed by atoms with E-state index in [1.165, 1.54) is 13.1 Å². The fraction of sp³-hybridized carbons (Fsp3) is 0.278. The van der Waals surface area contributed by atoms with Gasteiger partial charge in [0.15, 0.2) is 5.96 Å². The van der Waals surface area contributed by atoms with Crippen molar-refractivity contribution >= 4 is 16.0 Å². The third kappa shape index (κ3) is 6.12. The Morgan fingerprint density at radius 1 is 1.00 bits per heavy atom. The molecule has 8 heteroatoms. The SMILES string of the molecule is CN=C(NCc1ccc(CS(=O)(=O)NC)cc1)NCc1ccccc1F. The monoisotopic (exact) mass is 378 g/mol. The molecule has 0 bridgehead atoms. The molecule has 2 rings (SSSR count). The molecule has 0 aliphatic rings. The molecule has 0 unspecified atom stereocenters. The highest BCUT2D eigenvalue weighted by molar-refractivity contribution is 7.88. The summed E-state index contributed by atoms with van der Waals surface area (Å²) in [5.74, 6) is 0.237. The number of nitrogens with zero attached hydrogens (tertiary/aromatic N) is 1. The van der Waals surface area contributed by atoms with Crippen molar-refractivity contribution in [3.8, 4) is 0 Å². The minimum Gasteiger partial charge on any atom is -0.352 e. The molecule has 0 amide bonds. The molecular formula is C18H23FN4O2S. The first kappa shape index (κ1) is 19.9. The molecule has 0 spiro atoms. The Hall–Kier alpha value is -2.45. The zero-order chi connectivity index (χ0) is 19.0. The van der Waals surface area contributed by atoms with E-state index in [9.17, 15) is 12.8 Å². The number of aliphatic imine (C=N–C) groups is 1. The van der Waals surface area contributed by atoms with Crippen LogP contribution < -0.4 is 15.4 Å². The van der Waals surface area contributed by atoms with Gasteiger partial charge in [-0.25, -0.2) is 17.5 Å². The lowest BCUT2D eigenvalue weighted by molar-refractivity contribution is 0.587. The molecule has 0 heterocycles. The molecule has 6 nitrogen and oxygen atoms in total. The van der Waals surface area contributed by atoms with E-state index in [4.69, 9.17) is 0 Å². The molecular weight excluding hydrogens is 355 g/mol. The number of guanidine groups is 1. The molecule has 0 saturated carbocycles. The van der Waals surface area contributed by atoms with Crippen LogP contribution in [0.2, 0.25) is 0 Å². The average molecular weight is 378 g/mol. The first-order chi connectivity index (χ1) is 12.4. The Morgan fingerprint density at radius 3 is 2.23 bits per heavy atom. The quantitative estimate of drug-likeness (QED) is 0.506. The molecule has 3 N–H and O–H groups in total. The van der Waals surface area contributed by atoms with Crippen molar-refractivity contribution in [1.29, 1.82) is 0 Å². The predicted molar refractivity (Wildman–Crippen MR) is 102 cm³/mol. The van der Waals surface area contributed by atoms with Crippen LogP contribution in [0.1, 0.15) is 16.7 Å². The maximum atomic E-state index is 13.6. The van der Waals surface area contributed by atoms with Gasteiger partial charge in [-0.2, -0.15) is 0 Å². The van der Waals surface area contributed by atoms with E-state index in [-0.39, 0.29) is 11.6 Å². The predicted octanol–water partition coefficient (Wildman–Crippen LogP) is 1.74. The highest BCUT2D eigenvalue weighted by Gasteiger charge is 2.08. The Balaban J connectivity index is 1.87. The Kier molecular flexibility index (Phi) is 7.11. The number of hydrogen-bond acceptors (Lipinski definition) is 3. The van der Waals surface area contributed by atoms with Crippen molar-refractivity contribution in [2.24, 2.45) is 4.99 Å². The summed E-state index contributed by atoms with van der Waals surface area (Å²) in [7, 11) is -0.240. The van der Waals surface area contributed by atoms with Crippen LogP contribution in [0.5, 0.6) is 0 Å². The summed E-state index contributed by atoms with van der Waals surface area (Å²) in [5, 5.41) is 6.20. The number of hydrogen-bond donors (Lipinski definition) is 3. The lowest BCUT2D eigenvalue weighted by Crippen LogP contribution is -2.36. The summed E-state index contributed by atoms with van der Waals surface area (Å²) < 4.78 is 39.0. The molecule has 0 aliphatic carbocycles. The van der Waals surface area contributed by atoms with Crippen molar-refractivity contribution in [2.45, 2.75) is 18.8 Å². The maximum Gasteiger partial charge on any atom is 0.215 e. The van der Waals surface area contributed by atoms with E-state index in [2.05, 4.69) is 20.3 Å². The molecule has 0 fully saturated rings. The third-order valence-corrected chi connectivity index (χ3v) is 5.11. The van der Waals surface area contributed by atoms with E-state index in [0.29, 0.717) is 30.2 Å². The van der Waals surface area contributed by atoms with Gasteiger partial charge in [0.05, 0.1) is 5.75 Å². The molecule has 0 radical (unpaired) electrons. The van der Waals surface area contributed by atoms with Crippen molar-refractivity contribution in [2.75, 3.05) is 14.1 Å². The van der Waals surface area contributed by atoms with Crippen LogP contribution in [0.15, 0.2) is 53.5 Å². The maximum absolute atomic E-state index is 13.6. The standard InChI is InChI=1S/C18H23FN4O2S/c1-20-18(23-12-16-5-3-4-6-17(16)19)22-11-14-7-9-15(10-8-14)13-26(24,25)21-2/h3-10,21H,11-13H2,1-2H3,(H2,20,22,23). The van der Waals surface area contributed by atoms with Crippen molar-refractivity contribution < 1.29 is 12.8 Å². The van der Waals surface area contributed by atoms with Crippen LogP contribution in [-0.4, -0.2) is 28.5 Å². The van der Waals surface area contributed by atoms with Crippen LogP contribution >= 0.6 is 0 Å². The van der Waals surface area contributed by atoms with Crippen LogP contribution in [0.25, 0.3) is 0 Å². The van der Waals surface area contributed by atoms with Crippen LogP contribution in [0.3, 0.4) is 0 Å². The molecule has 2 aromatic rings.